The van der Waals surface area contributed by atoms with Gasteiger partial charge in [0.05, 0.1) is 12.1 Å². The Labute approximate surface area is 151 Å². The topological polar surface area (TPSA) is 103 Å². The lowest BCUT2D eigenvalue weighted by atomic mass is 9.97. The molecule has 8 heteroatoms. The smallest absolute Gasteiger partial charge is 0.267 e. The Kier molecular flexibility index (Phi) is 6.81. The maximum Gasteiger partial charge on any atom is 0.267 e. The van der Waals surface area contributed by atoms with Crippen LogP contribution in [-0.4, -0.2) is 32.0 Å². The zero-order valence-corrected chi connectivity index (χ0v) is 14.5. The molecule has 7 nitrogen and oxygen atoms in total. The molecule has 0 radical (unpaired) electrons. The minimum absolute atomic E-state index is 0.110. The van der Waals surface area contributed by atoms with Crippen molar-refractivity contribution in [2.45, 2.75) is 12.8 Å². The minimum atomic E-state index is -0.630. The maximum absolute atomic E-state index is 12.2. The third-order valence-electron chi connectivity index (χ3n) is 3.84. The molecule has 1 fully saturated rings. The first kappa shape index (κ1) is 18.8. The van der Waals surface area contributed by atoms with Gasteiger partial charge in [-0.05, 0) is 44.1 Å². The first-order valence-electron chi connectivity index (χ1n) is 7.81. The van der Waals surface area contributed by atoms with Crippen LogP contribution in [0.3, 0.4) is 0 Å². The molecular weight excluding hydrogens is 344 g/mol. The second-order valence-electron chi connectivity index (χ2n) is 5.51. The molecule has 1 heterocycles. The summed E-state index contributed by atoms with van der Waals surface area (Å²) in [5, 5.41) is 17.8. The van der Waals surface area contributed by atoms with E-state index in [1.165, 1.54) is 13.2 Å². The van der Waals surface area contributed by atoms with Crippen LogP contribution in [0.15, 0.2) is 30.0 Å². The number of hydrogen-bond donors (Lipinski definition) is 3. The van der Waals surface area contributed by atoms with Crippen LogP contribution in [0.5, 0.6) is 5.75 Å². The zero-order chi connectivity index (χ0) is 18.2. The van der Waals surface area contributed by atoms with Gasteiger partial charge in [-0.3, -0.25) is 9.59 Å². The highest BCUT2D eigenvalue weighted by Gasteiger charge is 2.20. The highest BCUT2D eigenvalue weighted by Crippen LogP contribution is 2.27. The van der Waals surface area contributed by atoms with Crippen LogP contribution in [0, 0.1) is 17.2 Å². The Bertz CT molecular complexity index is 721. The summed E-state index contributed by atoms with van der Waals surface area (Å²) in [5.41, 5.74) is 0.218. The standard InChI is InChI=1S/C17H19ClN4O3/c1-25-15-3-2-13(8-14(15)18)22-17(24)12(9-19)10-21-16(23)11-4-6-20-7-5-11/h2-3,8,10-11,20H,4-7H2,1H3,(H,21,23)(H,22,24)/b12-10-. The van der Waals surface area contributed by atoms with Crippen molar-refractivity contribution in [2.24, 2.45) is 5.92 Å². The fourth-order valence-electron chi connectivity index (χ4n) is 2.44. The van der Waals surface area contributed by atoms with Gasteiger partial charge in [-0.15, -0.1) is 0 Å². The number of nitriles is 1. The van der Waals surface area contributed by atoms with Crippen molar-refractivity contribution >= 4 is 29.1 Å². The average Bonchev–Trinajstić information content (AvgIpc) is 2.63. The largest absolute Gasteiger partial charge is 0.495 e. The number of nitrogens with one attached hydrogen (secondary N) is 3. The monoisotopic (exact) mass is 362 g/mol. The van der Waals surface area contributed by atoms with Crippen LogP contribution in [0.25, 0.3) is 0 Å². The number of piperidine rings is 1. The third kappa shape index (κ3) is 5.21. The lowest BCUT2D eigenvalue weighted by Crippen LogP contribution is -2.36. The van der Waals surface area contributed by atoms with E-state index < -0.39 is 5.91 Å². The summed E-state index contributed by atoms with van der Waals surface area (Å²) in [4.78, 5) is 24.2. The number of rotatable bonds is 5. The van der Waals surface area contributed by atoms with E-state index in [4.69, 9.17) is 21.6 Å². The summed E-state index contributed by atoms with van der Waals surface area (Å²) < 4.78 is 5.04. The molecule has 0 bridgehead atoms. The van der Waals surface area contributed by atoms with Gasteiger partial charge in [-0.1, -0.05) is 11.6 Å². The number of carbonyl (C=O) groups is 2. The van der Waals surface area contributed by atoms with E-state index in [1.807, 2.05) is 0 Å². The molecule has 1 aromatic carbocycles. The van der Waals surface area contributed by atoms with Crippen molar-refractivity contribution in [1.29, 1.82) is 5.26 Å². The molecule has 132 valence electrons. The Morgan fingerprint density at radius 3 is 2.72 bits per heavy atom. The molecule has 2 rings (SSSR count). The lowest BCUT2D eigenvalue weighted by Gasteiger charge is -2.20. The summed E-state index contributed by atoms with van der Waals surface area (Å²) in [7, 11) is 1.49. The highest BCUT2D eigenvalue weighted by atomic mass is 35.5. The molecule has 0 saturated carbocycles. The predicted octanol–water partition coefficient (Wildman–Crippen LogP) is 1.81. The normalized spacial score (nSPS) is 15.2. The second kappa shape index (κ2) is 9.06. The van der Waals surface area contributed by atoms with Crippen molar-refractivity contribution in [3.8, 4) is 11.8 Å². The number of ether oxygens (including phenoxy) is 1. The van der Waals surface area contributed by atoms with E-state index in [-0.39, 0.29) is 17.4 Å². The number of benzene rings is 1. The van der Waals surface area contributed by atoms with Gasteiger partial charge < -0.3 is 20.7 Å². The van der Waals surface area contributed by atoms with Crippen LogP contribution >= 0.6 is 11.6 Å². The van der Waals surface area contributed by atoms with Gasteiger partial charge in [0.25, 0.3) is 5.91 Å². The Morgan fingerprint density at radius 2 is 2.12 bits per heavy atom. The summed E-state index contributed by atoms with van der Waals surface area (Å²) in [6.45, 7) is 1.57. The number of anilines is 1. The molecular formula is C17H19ClN4O3. The summed E-state index contributed by atoms with van der Waals surface area (Å²) in [6, 6.07) is 6.50. The fourth-order valence-corrected chi connectivity index (χ4v) is 2.69. The van der Waals surface area contributed by atoms with E-state index in [0.717, 1.165) is 32.1 Å². The van der Waals surface area contributed by atoms with Crippen LogP contribution in [0.4, 0.5) is 5.69 Å². The van der Waals surface area contributed by atoms with Crippen LogP contribution in [0.2, 0.25) is 5.02 Å². The number of hydrogen-bond acceptors (Lipinski definition) is 5. The molecule has 0 aliphatic carbocycles. The van der Waals surface area contributed by atoms with Gasteiger partial charge in [-0.25, -0.2) is 0 Å². The SMILES string of the molecule is COc1ccc(NC(=O)/C(C#N)=C\NC(=O)C2CCNCC2)cc1Cl. The van der Waals surface area contributed by atoms with Crippen LogP contribution in [0.1, 0.15) is 12.8 Å². The number of nitrogens with zero attached hydrogens (tertiary/aromatic N) is 1. The first-order chi connectivity index (χ1) is 12.0. The van der Waals surface area contributed by atoms with Crippen molar-refractivity contribution in [3.63, 3.8) is 0 Å². The molecule has 25 heavy (non-hydrogen) atoms. The summed E-state index contributed by atoms with van der Waals surface area (Å²) in [6.07, 6.45) is 2.61. The van der Waals surface area contributed by atoms with Crippen LogP contribution in [-0.2, 0) is 9.59 Å². The van der Waals surface area contributed by atoms with Gasteiger partial charge in [0, 0.05) is 17.8 Å². The van der Waals surface area contributed by atoms with Crippen molar-refractivity contribution < 1.29 is 14.3 Å². The van der Waals surface area contributed by atoms with Gasteiger partial charge in [-0.2, -0.15) is 5.26 Å². The third-order valence-corrected chi connectivity index (χ3v) is 4.14. The molecule has 2 amide bonds. The number of amides is 2. The molecule has 1 aromatic rings. The van der Waals surface area contributed by atoms with Gasteiger partial charge in [0.1, 0.15) is 17.4 Å². The van der Waals surface area contributed by atoms with Gasteiger partial charge >= 0.3 is 0 Å². The molecule has 0 aromatic heterocycles. The lowest BCUT2D eigenvalue weighted by molar-refractivity contribution is -0.124. The number of halogens is 1. The Morgan fingerprint density at radius 1 is 1.40 bits per heavy atom. The highest BCUT2D eigenvalue weighted by molar-refractivity contribution is 6.32. The zero-order valence-electron chi connectivity index (χ0n) is 13.8. The number of methoxy groups -OCH3 is 1. The van der Waals surface area contributed by atoms with Gasteiger partial charge in [0.15, 0.2) is 0 Å². The summed E-state index contributed by atoms with van der Waals surface area (Å²) in [5.74, 6) is -0.449. The van der Waals surface area contributed by atoms with E-state index in [1.54, 1.807) is 18.2 Å². The first-order valence-corrected chi connectivity index (χ1v) is 8.19. The van der Waals surface area contributed by atoms with E-state index >= 15 is 0 Å². The van der Waals surface area contributed by atoms with Gasteiger partial charge in [0.2, 0.25) is 5.91 Å². The molecule has 1 aliphatic heterocycles. The van der Waals surface area contributed by atoms with E-state index in [0.29, 0.717) is 16.5 Å². The molecule has 1 saturated heterocycles. The van der Waals surface area contributed by atoms with E-state index in [9.17, 15) is 9.59 Å². The number of carbonyl (C=O) groups excluding carboxylic acids is 2. The molecule has 0 atom stereocenters. The van der Waals surface area contributed by atoms with Crippen molar-refractivity contribution in [2.75, 3.05) is 25.5 Å². The molecule has 0 spiro atoms. The fraction of sp³-hybridized carbons (Fsp3) is 0.353. The average molecular weight is 363 g/mol. The maximum atomic E-state index is 12.2. The van der Waals surface area contributed by atoms with E-state index in [2.05, 4.69) is 16.0 Å². The Balaban J connectivity index is 1.99. The second-order valence-corrected chi connectivity index (χ2v) is 5.91. The molecule has 1 aliphatic rings. The molecule has 0 unspecified atom stereocenters. The quantitative estimate of drug-likeness (QED) is 0.547. The van der Waals surface area contributed by atoms with Crippen LogP contribution < -0.4 is 20.7 Å². The van der Waals surface area contributed by atoms with Crippen molar-refractivity contribution in [1.82, 2.24) is 10.6 Å². The molecule has 3 N–H and O–H groups in total. The summed E-state index contributed by atoms with van der Waals surface area (Å²) >= 11 is 6.00. The predicted molar refractivity (Wildman–Crippen MR) is 94.1 cm³/mol. The minimum Gasteiger partial charge on any atom is -0.495 e. The Hall–Kier alpha value is -2.56. The van der Waals surface area contributed by atoms with Crippen molar-refractivity contribution in [3.05, 3.63) is 35.0 Å².